The van der Waals surface area contributed by atoms with Gasteiger partial charge in [0.05, 0.1) is 0 Å². The number of allylic oxidation sites excluding steroid dienone is 5. The first kappa shape index (κ1) is 34.4. The molecule has 1 saturated heterocycles. The number of likely N-dealkylation sites (tertiary alicyclic amines) is 1. The van der Waals surface area contributed by atoms with E-state index in [2.05, 4.69) is 53.1 Å². The van der Waals surface area contributed by atoms with Gasteiger partial charge in [0.2, 0.25) is 0 Å². The molecule has 2 aliphatic heterocycles. The van der Waals surface area contributed by atoms with Gasteiger partial charge in [-0.15, -0.1) is 0 Å². The van der Waals surface area contributed by atoms with Crippen molar-refractivity contribution in [3.05, 3.63) is 95.9 Å². The molecule has 0 unspecified atom stereocenters. The van der Waals surface area contributed by atoms with Crippen molar-refractivity contribution in [1.82, 2.24) is 15.1 Å². The van der Waals surface area contributed by atoms with Crippen LogP contribution in [0.25, 0.3) is 0 Å². The zero-order valence-electron chi connectivity index (χ0n) is 26.1. The van der Waals surface area contributed by atoms with Gasteiger partial charge in [-0.25, -0.2) is 4.39 Å². The lowest BCUT2D eigenvalue weighted by atomic mass is 9.69. The average Bonchev–Trinajstić information content (AvgIpc) is 2.90. The van der Waals surface area contributed by atoms with Crippen molar-refractivity contribution >= 4 is 17.5 Å². The minimum atomic E-state index is -0.294. The summed E-state index contributed by atoms with van der Waals surface area (Å²) in [4.78, 5) is 16.9. The second kappa shape index (κ2) is 16.0. The zero-order chi connectivity index (χ0) is 30.6. The summed E-state index contributed by atoms with van der Waals surface area (Å²) in [5.74, 6) is -0.237. The van der Waals surface area contributed by atoms with Crippen LogP contribution in [0.15, 0.2) is 85.0 Å². The van der Waals surface area contributed by atoms with Gasteiger partial charge in [0.25, 0.3) is 5.91 Å². The van der Waals surface area contributed by atoms with Gasteiger partial charge in [-0.1, -0.05) is 90.4 Å². The summed E-state index contributed by atoms with van der Waals surface area (Å²) >= 11 is 5.40. The van der Waals surface area contributed by atoms with Crippen LogP contribution in [0.2, 0.25) is 5.02 Å². The van der Waals surface area contributed by atoms with E-state index in [9.17, 15) is 9.18 Å². The number of nitrogens with one attached hydrogen (secondary N) is 1. The zero-order valence-corrected chi connectivity index (χ0v) is 26.9. The second-order valence-corrected chi connectivity index (χ2v) is 13.1. The maximum Gasteiger partial charge on any atom is 0.270 e. The number of piperidine rings is 1. The van der Waals surface area contributed by atoms with Crippen molar-refractivity contribution in [1.29, 1.82) is 0 Å². The highest BCUT2D eigenvalue weighted by molar-refractivity contribution is 6.30. The largest absolute Gasteiger partial charge is 0.384 e. The van der Waals surface area contributed by atoms with Crippen LogP contribution in [-0.2, 0) is 4.79 Å². The number of rotatable bonds is 6. The summed E-state index contributed by atoms with van der Waals surface area (Å²) < 4.78 is 12.1. The Morgan fingerprint density at radius 1 is 1.27 bits per heavy atom. The molecule has 1 amide bonds. The predicted octanol–water partition coefficient (Wildman–Crippen LogP) is 9.39. The van der Waals surface area contributed by atoms with Crippen LogP contribution in [-0.4, -0.2) is 34.8 Å². The third-order valence-electron chi connectivity index (χ3n) is 7.82. The van der Waals surface area contributed by atoms with Gasteiger partial charge in [-0.3, -0.25) is 4.79 Å². The molecule has 6 heteroatoms. The maximum atomic E-state index is 13.1. The minimum Gasteiger partial charge on any atom is -0.384 e. The second-order valence-electron chi connectivity index (χ2n) is 12.7. The maximum absolute atomic E-state index is 13.1. The number of carbonyl (C=O) groups is 1. The summed E-state index contributed by atoms with van der Waals surface area (Å²) in [5, 5.41) is 3.98. The molecule has 0 aromatic heterocycles. The van der Waals surface area contributed by atoms with Crippen molar-refractivity contribution in [2.24, 2.45) is 10.8 Å². The molecule has 0 bridgehead atoms. The number of carbonyl (C=O) groups excluding carboxylic acids is 1. The van der Waals surface area contributed by atoms with E-state index in [4.69, 9.17) is 11.6 Å². The lowest BCUT2D eigenvalue weighted by Crippen LogP contribution is -2.49. The van der Waals surface area contributed by atoms with Crippen molar-refractivity contribution in [3.63, 3.8) is 0 Å². The number of nitrogens with zero attached hydrogens (tertiary/aromatic N) is 2. The van der Waals surface area contributed by atoms with Gasteiger partial charge in [-0.05, 0) is 80.2 Å². The Kier molecular flexibility index (Phi) is 13.4. The molecule has 1 atom stereocenters. The van der Waals surface area contributed by atoms with E-state index in [0.29, 0.717) is 17.3 Å². The highest BCUT2D eigenvalue weighted by Gasteiger charge is 2.30. The first-order valence-corrected chi connectivity index (χ1v) is 15.3. The Bertz CT molecular complexity index is 1100. The van der Waals surface area contributed by atoms with Crippen LogP contribution in [0, 0.1) is 16.6 Å². The summed E-state index contributed by atoms with van der Waals surface area (Å²) in [6.07, 6.45) is 18.3. The van der Waals surface area contributed by atoms with E-state index in [1.807, 2.05) is 41.0 Å². The van der Waals surface area contributed by atoms with Crippen LogP contribution in [0.5, 0.6) is 0 Å². The SMILES string of the molecule is C=CN1C(C(=O)N2CCC[C@H](NC(=C)CC(C)(C)C)C2)=CC=C/C1=C/C.CCC1(C)CCC1.Fc1cccc(Cl)c1. The number of benzene rings is 1. The van der Waals surface area contributed by atoms with Crippen LogP contribution in [0.4, 0.5) is 4.39 Å². The molecule has 4 nitrogen and oxygen atoms in total. The molecular weight excluding hydrogens is 533 g/mol. The molecule has 1 aromatic carbocycles. The number of hydrogen-bond acceptors (Lipinski definition) is 3. The Morgan fingerprint density at radius 3 is 2.44 bits per heavy atom. The molecule has 2 heterocycles. The van der Waals surface area contributed by atoms with Gasteiger partial charge in [0.1, 0.15) is 11.5 Å². The van der Waals surface area contributed by atoms with E-state index in [-0.39, 0.29) is 23.2 Å². The van der Waals surface area contributed by atoms with Crippen molar-refractivity contribution < 1.29 is 9.18 Å². The van der Waals surface area contributed by atoms with Gasteiger partial charge in [-0.2, -0.15) is 0 Å². The van der Waals surface area contributed by atoms with E-state index >= 15 is 0 Å². The third-order valence-corrected chi connectivity index (χ3v) is 8.05. The number of halogens is 2. The molecule has 1 saturated carbocycles. The summed E-state index contributed by atoms with van der Waals surface area (Å²) in [6, 6.07) is 6.08. The van der Waals surface area contributed by atoms with Crippen LogP contribution < -0.4 is 5.32 Å². The van der Waals surface area contributed by atoms with Crippen LogP contribution in [0.3, 0.4) is 0 Å². The molecular formula is C35H51ClFN3O. The van der Waals surface area contributed by atoms with Gasteiger partial charge < -0.3 is 15.1 Å². The first-order valence-electron chi connectivity index (χ1n) is 14.9. The summed E-state index contributed by atoms with van der Waals surface area (Å²) in [5.41, 5.74) is 3.65. The lowest BCUT2D eigenvalue weighted by Gasteiger charge is -2.37. The van der Waals surface area contributed by atoms with E-state index < -0.39 is 0 Å². The van der Waals surface area contributed by atoms with E-state index in [0.717, 1.165) is 42.6 Å². The smallest absolute Gasteiger partial charge is 0.270 e. The number of amides is 1. The normalized spacial score (nSPS) is 20.4. The van der Waals surface area contributed by atoms with Crippen LogP contribution in [0.1, 0.15) is 86.5 Å². The molecule has 41 heavy (non-hydrogen) atoms. The van der Waals surface area contributed by atoms with Gasteiger partial charge >= 0.3 is 0 Å². The summed E-state index contributed by atoms with van der Waals surface area (Å²) in [6.45, 7) is 22.8. The standard InChI is InChI=1S/C22H33N3O.C7H14.C6H4ClF/c1-7-19-12-9-13-20(25(19)8-2)21(26)24-14-10-11-18(16-24)23-17(3)15-22(4,5)6;1-3-7(2)5-4-6-7;7-5-2-1-3-6(8)4-5/h7-9,12-13,18,23H,2-3,10-11,14-16H2,1,4-6H3;3-6H2,1-2H3;1-4H/b19-7-;;/t18-;;/m0../s1. The fourth-order valence-corrected chi connectivity index (χ4v) is 5.34. The number of hydrogen-bond donors (Lipinski definition) is 1. The van der Waals surface area contributed by atoms with Gasteiger partial charge in [0.15, 0.2) is 0 Å². The molecule has 1 aromatic rings. The third kappa shape index (κ3) is 11.5. The van der Waals surface area contributed by atoms with Gasteiger partial charge in [0, 0.05) is 41.7 Å². The fourth-order valence-electron chi connectivity index (χ4n) is 5.17. The molecule has 0 spiro atoms. The molecule has 226 valence electrons. The molecule has 2 fully saturated rings. The Balaban J connectivity index is 0.000000315. The fraction of sp³-hybridized carbons (Fsp3) is 0.514. The topological polar surface area (TPSA) is 35.6 Å². The van der Waals surface area contributed by atoms with E-state index in [1.54, 1.807) is 18.3 Å². The average molecular weight is 584 g/mol. The molecule has 1 aliphatic carbocycles. The van der Waals surface area contributed by atoms with Crippen molar-refractivity contribution in [3.8, 4) is 0 Å². The highest BCUT2D eigenvalue weighted by atomic mass is 35.5. The monoisotopic (exact) mass is 583 g/mol. The quantitative estimate of drug-likeness (QED) is 0.362. The highest BCUT2D eigenvalue weighted by Crippen LogP contribution is 2.42. The Hall–Kier alpha value is -2.79. The van der Waals surface area contributed by atoms with Crippen molar-refractivity contribution in [2.75, 3.05) is 13.1 Å². The molecule has 0 radical (unpaired) electrons. The van der Waals surface area contributed by atoms with Crippen molar-refractivity contribution in [2.45, 2.75) is 92.5 Å². The lowest BCUT2D eigenvalue weighted by molar-refractivity contribution is -0.129. The first-order chi connectivity index (χ1) is 19.3. The summed E-state index contributed by atoms with van der Waals surface area (Å²) in [7, 11) is 0. The molecule has 1 N–H and O–H groups in total. The molecule has 3 aliphatic rings. The Labute approximate surface area is 253 Å². The Morgan fingerprint density at radius 2 is 1.98 bits per heavy atom. The molecule has 4 rings (SSSR count). The minimum absolute atomic E-state index is 0.0570. The van der Waals surface area contributed by atoms with Crippen LogP contribution >= 0.6 is 11.6 Å². The predicted molar refractivity (Wildman–Crippen MR) is 173 cm³/mol. The van der Waals surface area contributed by atoms with E-state index in [1.165, 1.54) is 37.8 Å².